The van der Waals surface area contributed by atoms with E-state index in [-0.39, 0.29) is 17.6 Å². The van der Waals surface area contributed by atoms with Crippen LogP contribution in [0.3, 0.4) is 0 Å². The van der Waals surface area contributed by atoms with Crippen molar-refractivity contribution in [2.75, 3.05) is 0 Å². The number of nitrogens with one attached hydrogen (secondary N) is 1. The Morgan fingerprint density at radius 3 is 2.81 bits per heavy atom. The van der Waals surface area contributed by atoms with E-state index in [0.717, 1.165) is 32.1 Å². The van der Waals surface area contributed by atoms with Gasteiger partial charge in [-0.2, -0.15) is 0 Å². The number of aliphatic hydroxyl groups excluding tert-OH is 1. The second-order valence-electron chi connectivity index (χ2n) is 6.59. The highest BCUT2D eigenvalue weighted by molar-refractivity contribution is 5.14. The minimum absolute atomic E-state index is 0.0796. The van der Waals surface area contributed by atoms with Crippen LogP contribution in [-0.2, 0) is 0 Å². The first-order valence-corrected chi connectivity index (χ1v) is 8.40. The third-order valence-electron chi connectivity index (χ3n) is 5.17. The molecule has 2 fully saturated rings. The number of terminal acetylenes is 1. The Morgan fingerprint density at radius 1 is 1.33 bits per heavy atom. The maximum atomic E-state index is 10.5. The summed E-state index contributed by atoms with van der Waals surface area (Å²) in [7, 11) is 0. The van der Waals surface area contributed by atoms with E-state index in [1.807, 2.05) is 12.2 Å². The zero-order valence-corrected chi connectivity index (χ0v) is 13.1. The molecule has 2 nitrogen and oxygen atoms in total. The van der Waals surface area contributed by atoms with E-state index in [0.29, 0.717) is 6.04 Å². The molecule has 0 radical (unpaired) electrons. The molecule has 1 heterocycles. The van der Waals surface area contributed by atoms with Crippen molar-refractivity contribution in [1.29, 1.82) is 0 Å². The second kappa shape index (κ2) is 7.82. The molecule has 1 aliphatic carbocycles. The number of rotatable bonds is 5. The van der Waals surface area contributed by atoms with Gasteiger partial charge in [-0.15, -0.1) is 12.3 Å². The van der Waals surface area contributed by atoms with Gasteiger partial charge in [-0.3, -0.25) is 0 Å². The first-order valence-electron chi connectivity index (χ1n) is 8.40. The average molecular weight is 287 g/mol. The van der Waals surface area contributed by atoms with Crippen molar-refractivity contribution < 1.29 is 5.11 Å². The zero-order valence-electron chi connectivity index (χ0n) is 13.1. The third-order valence-corrected chi connectivity index (χ3v) is 5.17. The van der Waals surface area contributed by atoms with E-state index in [2.05, 4.69) is 23.9 Å². The minimum Gasteiger partial charge on any atom is -0.392 e. The second-order valence-corrected chi connectivity index (χ2v) is 6.59. The van der Waals surface area contributed by atoms with Gasteiger partial charge in [-0.1, -0.05) is 31.2 Å². The van der Waals surface area contributed by atoms with Crippen LogP contribution in [0.1, 0.15) is 57.8 Å². The van der Waals surface area contributed by atoms with Crippen LogP contribution in [0.2, 0.25) is 0 Å². The Bertz CT molecular complexity index is 404. The van der Waals surface area contributed by atoms with E-state index in [4.69, 9.17) is 6.42 Å². The summed E-state index contributed by atoms with van der Waals surface area (Å²) in [5.74, 6) is 2.94. The lowest BCUT2D eigenvalue weighted by Crippen LogP contribution is -2.61. The highest BCUT2D eigenvalue weighted by Crippen LogP contribution is 2.42. The molecule has 21 heavy (non-hydrogen) atoms. The SMILES string of the molecule is C#CCCC[C@@H]1CCC[C@]2(CCC[C@H](O)[C@H]2C=CC=C)N1. The molecule has 2 heteroatoms. The number of piperidine rings is 1. The fraction of sp³-hybridized carbons (Fsp3) is 0.684. The van der Waals surface area contributed by atoms with Crippen molar-refractivity contribution >= 4 is 0 Å². The van der Waals surface area contributed by atoms with Gasteiger partial charge in [0.05, 0.1) is 6.10 Å². The fourth-order valence-electron chi connectivity index (χ4n) is 4.19. The number of allylic oxidation sites excluding steroid dienone is 2. The Balaban J connectivity index is 2.07. The van der Waals surface area contributed by atoms with Crippen molar-refractivity contribution in [2.45, 2.75) is 75.5 Å². The van der Waals surface area contributed by atoms with Crippen molar-refractivity contribution in [3.63, 3.8) is 0 Å². The Morgan fingerprint density at radius 2 is 2.10 bits per heavy atom. The molecule has 1 aliphatic heterocycles. The summed E-state index contributed by atoms with van der Waals surface area (Å²) >= 11 is 0. The van der Waals surface area contributed by atoms with Crippen molar-refractivity contribution in [1.82, 2.24) is 5.32 Å². The molecular weight excluding hydrogens is 258 g/mol. The highest BCUT2D eigenvalue weighted by Gasteiger charge is 2.45. The van der Waals surface area contributed by atoms with Gasteiger partial charge in [0.25, 0.3) is 0 Å². The third kappa shape index (κ3) is 3.99. The molecule has 1 spiro atoms. The predicted octanol–water partition coefficient (Wildman–Crippen LogP) is 3.57. The van der Waals surface area contributed by atoms with Crippen LogP contribution in [0.15, 0.2) is 24.8 Å². The van der Waals surface area contributed by atoms with Gasteiger partial charge in [0.1, 0.15) is 0 Å². The standard InChI is InChI=1S/C19H29NO/c1-3-5-7-10-16-11-8-14-19(20-16)15-9-13-18(21)17(19)12-6-4-2/h1,4,6,12,16-18,20-21H,2,5,7-11,13-15H2/t16-,17-,18+,19-/m1/s1. The van der Waals surface area contributed by atoms with Crippen LogP contribution in [-0.4, -0.2) is 22.8 Å². The van der Waals surface area contributed by atoms with Crippen LogP contribution in [0, 0.1) is 18.3 Å². The van der Waals surface area contributed by atoms with Gasteiger partial charge in [0.2, 0.25) is 0 Å². The summed E-state index contributed by atoms with van der Waals surface area (Å²) in [6, 6.07) is 0.553. The molecule has 116 valence electrons. The Kier molecular flexibility index (Phi) is 6.08. The maximum absolute atomic E-state index is 10.5. The molecule has 1 saturated heterocycles. The molecule has 0 bridgehead atoms. The molecule has 0 aromatic carbocycles. The minimum atomic E-state index is -0.230. The van der Waals surface area contributed by atoms with Gasteiger partial charge in [0.15, 0.2) is 0 Å². The average Bonchev–Trinajstić information content (AvgIpc) is 2.47. The van der Waals surface area contributed by atoms with Crippen molar-refractivity contribution in [3.8, 4) is 12.3 Å². The fourth-order valence-corrected chi connectivity index (χ4v) is 4.19. The summed E-state index contributed by atoms with van der Waals surface area (Å²) in [5, 5.41) is 14.4. The van der Waals surface area contributed by atoms with E-state index < -0.39 is 0 Å². The summed E-state index contributed by atoms with van der Waals surface area (Å²) in [5.41, 5.74) is 0.0796. The normalized spacial score (nSPS) is 36.7. The lowest BCUT2D eigenvalue weighted by molar-refractivity contribution is 0.00276. The van der Waals surface area contributed by atoms with Crippen molar-refractivity contribution in [3.05, 3.63) is 24.8 Å². The molecule has 2 rings (SSSR count). The summed E-state index contributed by atoms with van der Waals surface area (Å²) in [4.78, 5) is 0. The molecule has 0 aromatic rings. The number of aliphatic hydroxyl groups is 1. The van der Waals surface area contributed by atoms with E-state index in [1.54, 1.807) is 0 Å². The number of unbranched alkanes of at least 4 members (excludes halogenated alkanes) is 1. The molecule has 1 saturated carbocycles. The molecule has 0 amide bonds. The van der Waals surface area contributed by atoms with Crippen LogP contribution >= 0.6 is 0 Å². The summed E-state index contributed by atoms with van der Waals surface area (Å²) in [6.07, 6.45) is 21.1. The van der Waals surface area contributed by atoms with Crippen LogP contribution in [0.5, 0.6) is 0 Å². The molecule has 0 aromatic heterocycles. The quantitative estimate of drug-likeness (QED) is 0.460. The summed E-state index contributed by atoms with van der Waals surface area (Å²) in [6.45, 7) is 3.76. The van der Waals surface area contributed by atoms with E-state index in [1.165, 1.54) is 25.7 Å². The molecule has 2 N–H and O–H groups in total. The van der Waals surface area contributed by atoms with Crippen LogP contribution in [0.25, 0.3) is 0 Å². The zero-order chi connectivity index (χ0) is 15.1. The van der Waals surface area contributed by atoms with Gasteiger partial charge < -0.3 is 10.4 Å². The van der Waals surface area contributed by atoms with Crippen LogP contribution in [0.4, 0.5) is 0 Å². The molecule has 2 aliphatic rings. The topological polar surface area (TPSA) is 32.3 Å². The van der Waals surface area contributed by atoms with Crippen molar-refractivity contribution in [2.24, 2.45) is 5.92 Å². The maximum Gasteiger partial charge on any atom is 0.0620 e. The molecule has 0 unspecified atom stereocenters. The number of hydrogen-bond acceptors (Lipinski definition) is 2. The number of hydrogen-bond donors (Lipinski definition) is 2. The predicted molar refractivity (Wildman–Crippen MR) is 88.9 cm³/mol. The van der Waals surface area contributed by atoms with Crippen LogP contribution < -0.4 is 5.32 Å². The summed E-state index contributed by atoms with van der Waals surface area (Å²) < 4.78 is 0. The molecule has 4 atom stereocenters. The van der Waals surface area contributed by atoms with Gasteiger partial charge >= 0.3 is 0 Å². The largest absolute Gasteiger partial charge is 0.392 e. The van der Waals surface area contributed by atoms with E-state index in [9.17, 15) is 5.11 Å². The lowest BCUT2D eigenvalue weighted by atomic mass is 9.66. The van der Waals surface area contributed by atoms with Gasteiger partial charge in [-0.05, 0) is 44.9 Å². The Labute approximate surface area is 129 Å². The first kappa shape index (κ1) is 16.3. The molecular formula is C19H29NO. The van der Waals surface area contributed by atoms with Gasteiger partial charge in [-0.25, -0.2) is 0 Å². The Hall–Kier alpha value is -1.04. The highest BCUT2D eigenvalue weighted by atomic mass is 16.3. The van der Waals surface area contributed by atoms with E-state index >= 15 is 0 Å². The van der Waals surface area contributed by atoms with Gasteiger partial charge in [0, 0.05) is 23.9 Å². The smallest absolute Gasteiger partial charge is 0.0620 e. The first-order chi connectivity index (χ1) is 10.2. The lowest BCUT2D eigenvalue weighted by Gasteiger charge is -2.51. The monoisotopic (exact) mass is 287 g/mol.